The Kier molecular flexibility index (Phi) is 5.92. The summed E-state index contributed by atoms with van der Waals surface area (Å²) >= 11 is 0. The molecule has 2 amide bonds. The second-order valence-electron chi connectivity index (χ2n) is 7.90. The van der Waals surface area contributed by atoms with E-state index in [-0.39, 0.29) is 30.3 Å². The van der Waals surface area contributed by atoms with Crippen LogP contribution in [0, 0.1) is 5.41 Å². The summed E-state index contributed by atoms with van der Waals surface area (Å²) < 4.78 is 0. The fourth-order valence-corrected chi connectivity index (χ4v) is 4.66. The molecule has 3 aliphatic rings. The minimum absolute atomic E-state index is 0. The molecule has 146 valence electrons. The lowest BCUT2D eigenvalue weighted by molar-refractivity contribution is -0.136. The van der Waals surface area contributed by atoms with E-state index in [1.54, 1.807) is 11.8 Å². The number of rotatable bonds is 2. The maximum absolute atomic E-state index is 13.0. The average Bonchev–Trinajstić information content (AvgIpc) is 3.10. The summed E-state index contributed by atoms with van der Waals surface area (Å²) in [4.78, 5) is 28.8. The van der Waals surface area contributed by atoms with E-state index in [0.717, 1.165) is 50.1 Å². The Hall–Kier alpha value is -1.85. The number of carbonyl (C=O) groups excluding carboxylic acids is 2. The smallest absolute Gasteiger partial charge is 0.225 e. The van der Waals surface area contributed by atoms with Gasteiger partial charge in [0.15, 0.2) is 0 Å². The molecule has 3 aliphatic heterocycles. The number of nitrogens with zero attached hydrogens (tertiary/aromatic N) is 2. The van der Waals surface area contributed by atoms with E-state index in [9.17, 15) is 9.59 Å². The topological polar surface area (TPSA) is 52.7 Å². The summed E-state index contributed by atoms with van der Waals surface area (Å²) in [5, 5.41) is 3.47. The van der Waals surface area contributed by atoms with Crippen LogP contribution >= 0.6 is 12.4 Å². The largest absolute Gasteiger partial charge is 0.343 e. The molecule has 3 heterocycles. The number of carbonyl (C=O) groups is 2. The van der Waals surface area contributed by atoms with Crippen molar-refractivity contribution in [3.8, 4) is 0 Å². The molecule has 1 spiro atoms. The number of benzene rings is 1. The maximum Gasteiger partial charge on any atom is 0.225 e. The summed E-state index contributed by atoms with van der Waals surface area (Å²) in [6.07, 6.45) is 7.53. The molecule has 0 radical (unpaired) electrons. The van der Waals surface area contributed by atoms with Gasteiger partial charge in [-0.15, -0.1) is 12.4 Å². The highest BCUT2D eigenvalue weighted by Gasteiger charge is 2.39. The highest BCUT2D eigenvalue weighted by atomic mass is 35.5. The fourth-order valence-electron chi connectivity index (χ4n) is 4.66. The van der Waals surface area contributed by atoms with Crippen molar-refractivity contribution < 1.29 is 9.59 Å². The zero-order valence-electron chi connectivity index (χ0n) is 15.8. The van der Waals surface area contributed by atoms with Crippen molar-refractivity contribution in [2.45, 2.75) is 38.6 Å². The lowest BCUT2D eigenvalue weighted by Crippen LogP contribution is -2.45. The zero-order valence-corrected chi connectivity index (χ0v) is 16.6. The van der Waals surface area contributed by atoms with Crippen LogP contribution in [0.4, 0.5) is 0 Å². The second-order valence-corrected chi connectivity index (χ2v) is 7.90. The van der Waals surface area contributed by atoms with Gasteiger partial charge in [-0.3, -0.25) is 9.59 Å². The van der Waals surface area contributed by atoms with Crippen molar-refractivity contribution in [2.24, 2.45) is 5.41 Å². The van der Waals surface area contributed by atoms with Crippen LogP contribution in [0.15, 0.2) is 30.5 Å². The number of halogens is 1. The van der Waals surface area contributed by atoms with Crippen molar-refractivity contribution in [3.05, 3.63) is 41.6 Å². The number of piperidine rings is 1. The lowest BCUT2D eigenvalue weighted by atomic mass is 9.77. The summed E-state index contributed by atoms with van der Waals surface area (Å²) in [5.74, 6) is 0.135. The van der Waals surface area contributed by atoms with E-state index >= 15 is 0 Å². The van der Waals surface area contributed by atoms with E-state index in [1.165, 1.54) is 6.42 Å². The predicted molar refractivity (Wildman–Crippen MR) is 108 cm³/mol. The van der Waals surface area contributed by atoms with Gasteiger partial charge >= 0.3 is 0 Å². The fraction of sp³-hybridized carbons (Fsp3) is 0.524. The molecule has 1 aromatic rings. The van der Waals surface area contributed by atoms with Gasteiger partial charge in [0.2, 0.25) is 11.8 Å². The standard InChI is InChI=1S/C21H27N3O2.ClH/c1-16(25)24-11-6-17-4-2-3-5-18(17)19(24)14-20(26)23-12-8-21(9-13-23)7-10-22-15-21;/h2-6,11,19,22H,7-10,12-15H2,1H3;1H. The molecule has 6 heteroatoms. The Labute approximate surface area is 167 Å². The average molecular weight is 390 g/mol. The third kappa shape index (κ3) is 3.90. The molecule has 0 bridgehead atoms. The van der Waals surface area contributed by atoms with Gasteiger partial charge in [0.1, 0.15) is 0 Å². The van der Waals surface area contributed by atoms with Crippen molar-refractivity contribution in [3.63, 3.8) is 0 Å². The quantitative estimate of drug-likeness (QED) is 0.846. The van der Waals surface area contributed by atoms with Crippen LogP contribution < -0.4 is 5.32 Å². The molecule has 5 nitrogen and oxygen atoms in total. The van der Waals surface area contributed by atoms with Crippen molar-refractivity contribution >= 4 is 30.3 Å². The van der Waals surface area contributed by atoms with Gasteiger partial charge < -0.3 is 15.1 Å². The van der Waals surface area contributed by atoms with E-state index in [4.69, 9.17) is 0 Å². The molecule has 1 unspecified atom stereocenters. The molecule has 1 N–H and O–H groups in total. The van der Waals surface area contributed by atoms with Crippen LogP contribution in [0.1, 0.15) is 49.8 Å². The molecule has 0 aliphatic carbocycles. The number of fused-ring (bicyclic) bond motifs is 1. The Bertz CT molecular complexity index is 733. The number of amides is 2. The minimum atomic E-state index is -0.203. The highest BCUT2D eigenvalue weighted by molar-refractivity contribution is 5.85. The summed E-state index contributed by atoms with van der Waals surface area (Å²) in [7, 11) is 0. The summed E-state index contributed by atoms with van der Waals surface area (Å²) in [6.45, 7) is 5.43. The first kappa shape index (κ1) is 19.9. The van der Waals surface area contributed by atoms with Gasteiger partial charge in [-0.05, 0) is 48.4 Å². The first-order valence-corrected chi connectivity index (χ1v) is 9.63. The molecular weight excluding hydrogens is 362 g/mol. The van der Waals surface area contributed by atoms with Crippen molar-refractivity contribution in [1.29, 1.82) is 0 Å². The first-order chi connectivity index (χ1) is 12.6. The van der Waals surface area contributed by atoms with Gasteiger partial charge in [0.25, 0.3) is 0 Å². The number of nitrogens with one attached hydrogen (secondary N) is 1. The second kappa shape index (κ2) is 8.03. The molecule has 27 heavy (non-hydrogen) atoms. The predicted octanol–water partition coefficient (Wildman–Crippen LogP) is 2.97. The number of likely N-dealkylation sites (tertiary alicyclic amines) is 1. The van der Waals surface area contributed by atoms with Crippen molar-refractivity contribution in [2.75, 3.05) is 26.2 Å². The minimum Gasteiger partial charge on any atom is -0.343 e. The molecule has 1 atom stereocenters. The van der Waals surface area contributed by atoms with Gasteiger partial charge in [-0.25, -0.2) is 0 Å². The lowest BCUT2D eigenvalue weighted by Gasteiger charge is -2.40. The van der Waals surface area contributed by atoms with Gasteiger partial charge in [-0.1, -0.05) is 24.3 Å². The van der Waals surface area contributed by atoms with Crippen LogP contribution in [0.2, 0.25) is 0 Å². The van der Waals surface area contributed by atoms with E-state index < -0.39 is 0 Å². The first-order valence-electron chi connectivity index (χ1n) is 9.63. The SMILES string of the molecule is CC(=O)N1C=Cc2ccccc2C1CC(=O)N1CCC2(CCNC2)CC1.Cl. The van der Waals surface area contributed by atoms with Gasteiger partial charge in [0.05, 0.1) is 12.5 Å². The van der Waals surface area contributed by atoms with Crippen LogP contribution in [-0.4, -0.2) is 47.8 Å². The summed E-state index contributed by atoms with van der Waals surface area (Å²) in [5.41, 5.74) is 2.56. The van der Waals surface area contributed by atoms with Crippen LogP contribution in [0.3, 0.4) is 0 Å². The zero-order chi connectivity index (χ0) is 18.1. The monoisotopic (exact) mass is 389 g/mol. The molecule has 2 fully saturated rings. The highest BCUT2D eigenvalue weighted by Crippen LogP contribution is 2.38. The Morgan fingerprint density at radius 1 is 1.19 bits per heavy atom. The summed E-state index contributed by atoms with van der Waals surface area (Å²) in [6, 6.07) is 7.84. The van der Waals surface area contributed by atoms with E-state index in [2.05, 4.69) is 5.32 Å². The Morgan fingerprint density at radius 2 is 1.93 bits per heavy atom. The third-order valence-corrected chi connectivity index (χ3v) is 6.35. The van der Waals surface area contributed by atoms with Crippen LogP contribution in [-0.2, 0) is 9.59 Å². The number of hydrogen-bond acceptors (Lipinski definition) is 3. The third-order valence-electron chi connectivity index (χ3n) is 6.35. The Balaban J connectivity index is 0.00000210. The maximum atomic E-state index is 13.0. The molecule has 2 saturated heterocycles. The number of hydrogen-bond donors (Lipinski definition) is 1. The normalized spacial score (nSPS) is 23.1. The van der Waals surface area contributed by atoms with Crippen LogP contribution in [0.25, 0.3) is 6.08 Å². The Morgan fingerprint density at radius 3 is 2.59 bits per heavy atom. The molecule has 0 aromatic heterocycles. The molecule has 4 rings (SSSR count). The van der Waals surface area contributed by atoms with Crippen molar-refractivity contribution in [1.82, 2.24) is 15.1 Å². The van der Waals surface area contributed by atoms with E-state index in [0.29, 0.717) is 11.8 Å². The van der Waals surface area contributed by atoms with Crippen LogP contribution in [0.5, 0.6) is 0 Å². The molecular formula is C21H28ClN3O2. The molecule has 1 aromatic carbocycles. The van der Waals surface area contributed by atoms with Gasteiger partial charge in [0, 0.05) is 32.8 Å². The van der Waals surface area contributed by atoms with E-state index in [1.807, 2.05) is 41.4 Å². The molecule has 0 saturated carbocycles. The van der Waals surface area contributed by atoms with Gasteiger partial charge in [-0.2, -0.15) is 0 Å².